The summed E-state index contributed by atoms with van der Waals surface area (Å²) in [6.07, 6.45) is -4.47. The van der Waals surface area contributed by atoms with Gasteiger partial charge in [0.05, 0.1) is 22.8 Å². The molecule has 1 fully saturated rings. The molecular weight excluding hydrogens is 520 g/mol. The molecule has 0 radical (unpaired) electrons. The molecule has 1 amide bonds. The minimum Gasteiger partial charge on any atom is -0.395 e. The van der Waals surface area contributed by atoms with Gasteiger partial charge in [-0.3, -0.25) is 4.79 Å². The number of sulfonamides is 1. The lowest BCUT2D eigenvalue weighted by Gasteiger charge is -2.23. The van der Waals surface area contributed by atoms with Crippen molar-refractivity contribution in [3.63, 3.8) is 0 Å². The maximum atomic E-state index is 14.2. The van der Waals surface area contributed by atoms with Gasteiger partial charge >= 0.3 is 6.29 Å². The van der Waals surface area contributed by atoms with Crippen LogP contribution in [0.4, 0.5) is 17.6 Å². The lowest BCUT2D eigenvalue weighted by Crippen LogP contribution is -2.45. The Kier molecular flexibility index (Phi) is 6.23. The van der Waals surface area contributed by atoms with Crippen LogP contribution in [-0.2, 0) is 21.4 Å². The highest BCUT2D eigenvalue weighted by Gasteiger charge is 2.45. The van der Waals surface area contributed by atoms with E-state index < -0.39 is 46.8 Å². The van der Waals surface area contributed by atoms with Crippen molar-refractivity contribution in [1.82, 2.24) is 19.6 Å². The average Bonchev–Trinajstić information content (AvgIpc) is 3.41. The van der Waals surface area contributed by atoms with Crippen molar-refractivity contribution in [2.24, 2.45) is 0 Å². The molecule has 0 bridgehead atoms. The first-order valence-corrected chi connectivity index (χ1v) is 12.4. The third kappa shape index (κ3) is 5.06. The van der Waals surface area contributed by atoms with Gasteiger partial charge in [0, 0.05) is 18.5 Å². The van der Waals surface area contributed by atoms with E-state index in [1.165, 1.54) is 30.6 Å². The number of carbonyl (C=O) groups is 1. The lowest BCUT2D eigenvalue weighted by atomic mass is 10.1. The summed E-state index contributed by atoms with van der Waals surface area (Å²) in [5.41, 5.74) is 1.08. The molecule has 2 aliphatic heterocycles. The summed E-state index contributed by atoms with van der Waals surface area (Å²) in [6, 6.07) is 8.31. The fraction of sp³-hybridized carbons (Fsp3) is 0.261. The van der Waals surface area contributed by atoms with Crippen LogP contribution in [-0.4, -0.2) is 53.7 Å². The maximum Gasteiger partial charge on any atom is 0.586 e. The number of ether oxygens (including phenoxy) is 2. The van der Waals surface area contributed by atoms with Crippen LogP contribution in [0.25, 0.3) is 11.3 Å². The van der Waals surface area contributed by atoms with E-state index in [4.69, 9.17) is 0 Å². The number of aromatic nitrogens is 2. The molecule has 194 valence electrons. The highest BCUT2D eigenvalue weighted by molar-refractivity contribution is 7.89. The van der Waals surface area contributed by atoms with Crippen molar-refractivity contribution in [2.75, 3.05) is 6.54 Å². The molecule has 3 heterocycles. The molecule has 2 atom stereocenters. The topological polar surface area (TPSA) is 111 Å². The molecular formula is C23H18F4N4O5S. The van der Waals surface area contributed by atoms with E-state index in [0.29, 0.717) is 17.0 Å². The number of nitrogens with one attached hydrogen (secondary N) is 1. The van der Waals surface area contributed by atoms with Gasteiger partial charge in [0.2, 0.25) is 15.9 Å². The number of nitrogens with zero attached hydrogens (tertiary/aromatic N) is 3. The average molecular weight is 538 g/mol. The minimum atomic E-state index is -4.26. The highest BCUT2D eigenvalue weighted by Crippen LogP contribution is 2.42. The van der Waals surface area contributed by atoms with Crippen LogP contribution in [0.1, 0.15) is 12.1 Å². The quantitative estimate of drug-likeness (QED) is 0.481. The second-order valence-corrected chi connectivity index (χ2v) is 10.2. The monoisotopic (exact) mass is 538 g/mol. The zero-order valence-corrected chi connectivity index (χ0v) is 19.6. The summed E-state index contributed by atoms with van der Waals surface area (Å²) in [7, 11) is -4.26. The number of fused-ring (bicyclic) bond motifs is 1. The first-order chi connectivity index (χ1) is 17.5. The molecule has 0 spiro atoms. The Hall–Kier alpha value is -3.78. The Balaban J connectivity index is 1.29. The van der Waals surface area contributed by atoms with E-state index >= 15 is 0 Å². The first kappa shape index (κ1) is 24.9. The number of rotatable bonds is 6. The number of alkyl halides is 3. The Morgan fingerprint density at radius 3 is 2.57 bits per heavy atom. The minimum absolute atomic E-state index is 0.127. The van der Waals surface area contributed by atoms with Gasteiger partial charge in [-0.05, 0) is 48.5 Å². The van der Waals surface area contributed by atoms with Crippen LogP contribution in [0.5, 0.6) is 11.5 Å². The van der Waals surface area contributed by atoms with Gasteiger partial charge in [-0.2, -0.15) is 4.31 Å². The Labute approximate surface area is 208 Å². The number of hydrogen-bond acceptors (Lipinski definition) is 7. The van der Waals surface area contributed by atoms with Gasteiger partial charge in [-0.15, -0.1) is 8.78 Å². The van der Waals surface area contributed by atoms with Crippen LogP contribution in [0.3, 0.4) is 0 Å². The second-order valence-electron chi connectivity index (χ2n) is 8.32. The molecule has 2 aliphatic rings. The van der Waals surface area contributed by atoms with Gasteiger partial charge < -0.3 is 14.8 Å². The normalized spacial score (nSPS) is 20.6. The van der Waals surface area contributed by atoms with E-state index in [1.807, 2.05) is 0 Å². The van der Waals surface area contributed by atoms with Gasteiger partial charge in [0.1, 0.15) is 24.4 Å². The van der Waals surface area contributed by atoms with Gasteiger partial charge in [0.25, 0.3) is 0 Å². The summed E-state index contributed by atoms with van der Waals surface area (Å²) in [5.74, 6) is -1.67. The first-order valence-electron chi connectivity index (χ1n) is 10.9. The molecule has 1 aromatic heterocycles. The number of benzene rings is 2. The fourth-order valence-corrected chi connectivity index (χ4v) is 5.68. The van der Waals surface area contributed by atoms with Crippen LogP contribution < -0.4 is 14.8 Å². The molecule has 0 aliphatic carbocycles. The van der Waals surface area contributed by atoms with Crippen molar-refractivity contribution in [3.8, 4) is 22.8 Å². The van der Waals surface area contributed by atoms with Crippen LogP contribution in [0.2, 0.25) is 0 Å². The summed E-state index contributed by atoms with van der Waals surface area (Å²) >= 11 is 0. The third-order valence-electron chi connectivity index (χ3n) is 5.79. The van der Waals surface area contributed by atoms with Crippen molar-refractivity contribution in [3.05, 3.63) is 66.4 Å². The highest BCUT2D eigenvalue weighted by atomic mass is 32.2. The predicted molar refractivity (Wildman–Crippen MR) is 119 cm³/mol. The van der Waals surface area contributed by atoms with Crippen LogP contribution >= 0.6 is 0 Å². The zero-order chi connectivity index (χ0) is 26.4. The molecule has 37 heavy (non-hydrogen) atoms. The molecule has 2 aromatic carbocycles. The maximum absolute atomic E-state index is 14.2. The van der Waals surface area contributed by atoms with Crippen LogP contribution in [0.15, 0.2) is 59.8 Å². The summed E-state index contributed by atoms with van der Waals surface area (Å²) in [6.45, 7) is -0.659. The fourth-order valence-electron chi connectivity index (χ4n) is 4.06. The second kappa shape index (κ2) is 9.27. The number of halogens is 4. The van der Waals surface area contributed by atoms with Crippen molar-refractivity contribution in [2.45, 2.75) is 36.4 Å². The third-order valence-corrected chi connectivity index (χ3v) is 7.68. The van der Waals surface area contributed by atoms with E-state index in [2.05, 4.69) is 24.8 Å². The molecule has 1 N–H and O–H groups in total. The van der Waals surface area contributed by atoms with Gasteiger partial charge in [-0.25, -0.2) is 27.2 Å². The Bertz CT molecular complexity index is 1460. The number of hydrogen-bond donors (Lipinski definition) is 1. The molecule has 3 aromatic rings. The lowest BCUT2D eigenvalue weighted by molar-refractivity contribution is -0.286. The molecule has 9 nitrogen and oxygen atoms in total. The van der Waals surface area contributed by atoms with E-state index in [1.54, 1.807) is 0 Å². The van der Waals surface area contributed by atoms with Crippen molar-refractivity contribution >= 4 is 15.9 Å². The van der Waals surface area contributed by atoms with E-state index in [-0.39, 0.29) is 29.4 Å². The SMILES string of the molecule is O=C(NCc1cc(-c2ccc3c(c2)OC(F)(F)O3)ncn1)[C@H]1C[C@@H](F)CN1S(=O)(=O)c1ccc(F)cc1. The van der Waals surface area contributed by atoms with E-state index in [9.17, 15) is 30.8 Å². The zero-order valence-electron chi connectivity index (χ0n) is 18.8. The van der Waals surface area contributed by atoms with Gasteiger partial charge in [0.15, 0.2) is 11.5 Å². The van der Waals surface area contributed by atoms with Crippen molar-refractivity contribution in [1.29, 1.82) is 0 Å². The Morgan fingerprint density at radius 1 is 1.08 bits per heavy atom. The van der Waals surface area contributed by atoms with Crippen LogP contribution in [0, 0.1) is 5.82 Å². The molecule has 0 unspecified atom stereocenters. The summed E-state index contributed by atoms with van der Waals surface area (Å²) < 4.78 is 89.5. The largest absolute Gasteiger partial charge is 0.586 e. The standard InChI is InChI=1S/C23H18F4N4O5S/c24-14-2-4-17(5-3-14)37(33,34)31-11-15(25)8-19(31)22(32)28-10-16-9-18(30-12-29-16)13-1-6-20-21(7-13)36-23(26,27)35-20/h1-7,9,12,15,19H,8,10-11H2,(H,28,32)/t15-,19-/m1/s1. The molecule has 0 saturated carbocycles. The number of carbonyl (C=O) groups excluding carboxylic acids is 1. The molecule has 1 saturated heterocycles. The predicted octanol–water partition coefficient (Wildman–Crippen LogP) is 3.02. The van der Waals surface area contributed by atoms with Gasteiger partial charge in [-0.1, -0.05) is 0 Å². The van der Waals surface area contributed by atoms with Crippen molar-refractivity contribution < 1.29 is 40.2 Å². The smallest absolute Gasteiger partial charge is 0.395 e. The molecule has 5 rings (SSSR count). The van der Waals surface area contributed by atoms with E-state index in [0.717, 1.165) is 28.6 Å². The Morgan fingerprint density at radius 2 is 1.81 bits per heavy atom. The number of amides is 1. The molecule has 14 heteroatoms. The summed E-state index contributed by atoms with van der Waals surface area (Å²) in [5, 5.41) is 2.55. The summed E-state index contributed by atoms with van der Waals surface area (Å²) in [4.78, 5) is 20.8.